The van der Waals surface area contributed by atoms with Crippen LogP contribution in [0.5, 0.6) is 0 Å². The SMILES string of the molecule is CC1(NCCC(N)=NO)CCOCC1. The van der Waals surface area contributed by atoms with Crippen LogP contribution in [0.25, 0.3) is 0 Å². The van der Waals surface area contributed by atoms with Crippen molar-refractivity contribution in [3.63, 3.8) is 0 Å². The third kappa shape index (κ3) is 3.51. The lowest BCUT2D eigenvalue weighted by Crippen LogP contribution is -2.47. The van der Waals surface area contributed by atoms with E-state index in [2.05, 4.69) is 17.4 Å². The molecule has 0 unspecified atom stereocenters. The van der Waals surface area contributed by atoms with E-state index in [4.69, 9.17) is 15.7 Å². The maximum absolute atomic E-state index is 8.35. The van der Waals surface area contributed by atoms with Crippen molar-refractivity contribution in [2.24, 2.45) is 10.9 Å². The molecule has 5 heteroatoms. The highest BCUT2D eigenvalue weighted by Crippen LogP contribution is 2.19. The van der Waals surface area contributed by atoms with Gasteiger partial charge in [-0.1, -0.05) is 5.16 Å². The van der Waals surface area contributed by atoms with Gasteiger partial charge in [-0.25, -0.2) is 0 Å². The van der Waals surface area contributed by atoms with Gasteiger partial charge in [0, 0.05) is 31.7 Å². The fourth-order valence-electron chi connectivity index (χ4n) is 1.54. The van der Waals surface area contributed by atoms with E-state index in [0.717, 1.165) is 32.6 Å². The molecule has 1 aliphatic heterocycles. The minimum absolute atomic E-state index is 0.147. The topological polar surface area (TPSA) is 79.9 Å². The third-order valence-electron chi connectivity index (χ3n) is 2.66. The Morgan fingerprint density at radius 3 is 2.79 bits per heavy atom. The first kappa shape index (κ1) is 11.3. The molecule has 4 N–H and O–H groups in total. The Morgan fingerprint density at radius 1 is 1.57 bits per heavy atom. The molecule has 0 bridgehead atoms. The second kappa shape index (κ2) is 5.17. The van der Waals surface area contributed by atoms with E-state index >= 15 is 0 Å². The summed E-state index contributed by atoms with van der Waals surface area (Å²) in [5.74, 6) is 0.271. The van der Waals surface area contributed by atoms with Crippen LogP contribution < -0.4 is 11.1 Å². The van der Waals surface area contributed by atoms with E-state index in [0.29, 0.717) is 6.42 Å². The molecule has 0 aromatic carbocycles. The predicted octanol–water partition coefficient (Wildman–Crippen LogP) is 0.282. The fourth-order valence-corrected chi connectivity index (χ4v) is 1.54. The van der Waals surface area contributed by atoms with E-state index in [1.165, 1.54) is 0 Å². The van der Waals surface area contributed by atoms with E-state index in [-0.39, 0.29) is 11.4 Å². The second-order valence-electron chi connectivity index (χ2n) is 3.94. The molecule has 0 amide bonds. The highest BCUT2D eigenvalue weighted by Gasteiger charge is 2.26. The summed E-state index contributed by atoms with van der Waals surface area (Å²) in [5.41, 5.74) is 5.51. The van der Waals surface area contributed by atoms with Crippen molar-refractivity contribution in [3.05, 3.63) is 0 Å². The summed E-state index contributed by atoms with van der Waals surface area (Å²) >= 11 is 0. The van der Waals surface area contributed by atoms with E-state index in [9.17, 15) is 0 Å². The van der Waals surface area contributed by atoms with Gasteiger partial charge in [0.05, 0.1) is 0 Å². The maximum Gasteiger partial charge on any atom is 0.140 e. The number of ether oxygens (including phenoxy) is 1. The summed E-state index contributed by atoms with van der Waals surface area (Å²) in [7, 11) is 0. The lowest BCUT2D eigenvalue weighted by molar-refractivity contribution is 0.0457. The molecule has 1 fully saturated rings. The molecule has 14 heavy (non-hydrogen) atoms. The number of nitrogens with two attached hydrogens (primary N) is 1. The first-order valence-electron chi connectivity index (χ1n) is 4.95. The van der Waals surface area contributed by atoms with Gasteiger partial charge in [-0.3, -0.25) is 0 Å². The van der Waals surface area contributed by atoms with Crippen molar-refractivity contribution in [2.45, 2.75) is 31.7 Å². The Balaban J connectivity index is 2.22. The van der Waals surface area contributed by atoms with Crippen molar-refractivity contribution in [2.75, 3.05) is 19.8 Å². The molecule has 1 heterocycles. The zero-order valence-corrected chi connectivity index (χ0v) is 8.62. The number of nitrogens with zero attached hydrogens (tertiary/aromatic N) is 1. The van der Waals surface area contributed by atoms with Crippen LogP contribution in [0.15, 0.2) is 5.16 Å². The molecule has 0 atom stereocenters. The van der Waals surface area contributed by atoms with Crippen molar-refractivity contribution in [1.29, 1.82) is 0 Å². The summed E-state index contributed by atoms with van der Waals surface area (Å²) in [6, 6.07) is 0. The molecule has 0 radical (unpaired) electrons. The third-order valence-corrected chi connectivity index (χ3v) is 2.66. The van der Waals surface area contributed by atoms with Crippen LogP contribution in [0.1, 0.15) is 26.2 Å². The Bertz CT molecular complexity index is 200. The molecule has 1 aliphatic rings. The number of nitrogens with one attached hydrogen (secondary N) is 1. The van der Waals surface area contributed by atoms with Crippen molar-refractivity contribution >= 4 is 5.84 Å². The lowest BCUT2D eigenvalue weighted by atomic mass is 9.92. The standard InChI is InChI=1S/C9H19N3O2/c1-9(3-6-14-7-4-9)11-5-2-8(10)12-13/h11,13H,2-7H2,1H3,(H2,10,12). The van der Waals surface area contributed by atoms with Crippen LogP contribution in [0.3, 0.4) is 0 Å². The van der Waals surface area contributed by atoms with Gasteiger partial charge in [0.1, 0.15) is 5.84 Å². The number of amidine groups is 1. The highest BCUT2D eigenvalue weighted by molar-refractivity contribution is 5.79. The number of hydrogen-bond donors (Lipinski definition) is 3. The Kier molecular flexibility index (Phi) is 4.16. The highest BCUT2D eigenvalue weighted by atomic mass is 16.5. The average molecular weight is 201 g/mol. The van der Waals surface area contributed by atoms with Crippen LogP contribution in [0.2, 0.25) is 0 Å². The Labute approximate surface area is 84.3 Å². The van der Waals surface area contributed by atoms with Gasteiger partial charge in [-0.15, -0.1) is 0 Å². The van der Waals surface area contributed by atoms with Crippen LogP contribution in [0.4, 0.5) is 0 Å². The number of hydrogen-bond acceptors (Lipinski definition) is 4. The zero-order chi connectivity index (χ0) is 10.4. The normalized spacial score (nSPS) is 22.2. The molecule has 0 aliphatic carbocycles. The molecule has 0 saturated carbocycles. The van der Waals surface area contributed by atoms with Crippen LogP contribution in [0, 0.1) is 0 Å². The van der Waals surface area contributed by atoms with Gasteiger partial charge >= 0.3 is 0 Å². The second-order valence-corrected chi connectivity index (χ2v) is 3.94. The van der Waals surface area contributed by atoms with Crippen molar-refractivity contribution in [3.8, 4) is 0 Å². The first-order valence-corrected chi connectivity index (χ1v) is 4.95. The van der Waals surface area contributed by atoms with Crippen molar-refractivity contribution < 1.29 is 9.94 Å². The molecule has 1 rings (SSSR count). The van der Waals surface area contributed by atoms with Gasteiger partial charge in [0.15, 0.2) is 0 Å². The molecule has 0 spiro atoms. The van der Waals surface area contributed by atoms with Crippen LogP contribution >= 0.6 is 0 Å². The smallest absolute Gasteiger partial charge is 0.140 e. The summed E-state index contributed by atoms with van der Waals surface area (Å²) < 4.78 is 5.29. The zero-order valence-electron chi connectivity index (χ0n) is 8.62. The molecule has 0 aromatic rings. The minimum Gasteiger partial charge on any atom is -0.409 e. The monoisotopic (exact) mass is 201 g/mol. The molecule has 82 valence electrons. The van der Waals surface area contributed by atoms with Gasteiger partial charge in [-0.05, 0) is 19.8 Å². The van der Waals surface area contributed by atoms with Gasteiger partial charge in [-0.2, -0.15) is 0 Å². The quantitative estimate of drug-likeness (QED) is 0.264. The van der Waals surface area contributed by atoms with Crippen LogP contribution in [-0.4, -0.2) is 36.3 Å². The average Bonchev–Trinajstić information content (AvgIpc) is 2.18. The van der Waals surface area contributed by atoms with Crippen LogP contribution in [-0.2, 0) is 4.74 Å². The summed E-state index contributed by atoms with van der Waals surface area (Å²) in [6.07, 6.45) is 2.61. The number of rotatable bonds is 4. The first-order chi connectivity index (χ1) is 6.66. The van der Waals surface area contributed by atoms with E-state index < -0.39 is 0 Å². The molecule has 0 aromatic heterocycles. The molecular formula is C9H19N3O2. The Hall–Kier alpha value is -0.810. The molecule has 5 nitrogen and oxygen atoms in total. The van der Waals surface area contributed by atoms with Gasteiger partial charge < -0.3 is 21.0 Å². The van der Waals surface area contributed by atoms with E-state index in [1.54, 1.807) is 0 Å². The summed E-state index contributed by atoms with van der Waals surface area (Å²) in [5, 5.41) is 14.7. The fraction of sp³-hybridized carbons (Fsp3) is 0.889. The van der Waals surface area contributed by atoms with Gasteiger partial charge in [0.25, 0.3) is 0 Å². The van der Waals surface area contributed by atoms with Crippen molar-refractivity contribution in [1.82, 2.24) is 5.32 Å². The minimum atomic E-state index is 0.147. The van der Waals surface area contributed by atoms with Gasteiger partial charge in [0.2, 0.25) is 0 Å². The number of oxime groups is 1. The lowest BCUT2D eigenvalue weighted by Gasteiger charge is -2.34. The largest absolute Gasteiger partial charge is 0.409 e. The Morgan fingerprint density at radius 2 is 2.21 bits per heavy atom. The van der Waals surface area contributed by atoms with E-state index in [1.807, 2.05) is 0 Å². The molecular weight excluding hydrogens is 182 g/mol. The summed E-state index contributed by atoms with van der Waals surface area (Å²) in [6.45, 7) is 4.55. The summed E-state index contributed by atoms with van der Waals surface area (Å²) in [4.78, 5) is 0. The molecule has 1 saturated heterocycles. The maximum atomic E-state index is 8.35. The predicted molar refractivity (Wildman–Crippen MR) is 54.5 cm³/mol.